The summed E-state index contributed by atoms with van der Waals surface area (Å²) in [7, 11) is 3.73. The van der Waals surface area contributed by atoms with Crippen LogP contribution in [0.3, 0.4) is 0 Å². The van der Waals surface area contributed by atoms with Crippen molar-refractivity contribution in [2.24, 2.45) is 12.0 Å². The number of nitrogens with zero attached hydrogens (tertiary/aromatic N) is 6. The molecular formula is C16H25N7O. The Morgan fingerprint density at radius 3 is 2.92 bits per heavy atom. The first-order valence-electron chi connectivity index (χ1n) is 8.20. The molecule has 24 heavy (non-hydrogen) atoms. The number of morpholine rings is 1. The third-order valence-electron chi connectivity index (χ3n) is 4.06. The third-order valence-corrected chi connectivity index (χ3v) is 4.06. The average molecular weight is 331 g/mol. The number of aliphatic imine (C=N–C) groups is 1. The molecule has 0 radical (unpaired) electrons. The Labute approximate surface area is 142 Å². The van der Waals surface area contributed by atoms with Crippen LogP contribution in [-0.2, 0) is 18.3 Å². The molecule has 8 nitrogen and oxygen atoms in total. The lowest BCUT2D eigenvalue weighted by Crippen LogP contribution is -2.48. The molecule has 2 aromatic heterocycles. The number of rotatable bonds is 4. The van der Waals surface area contributed by atoms with Crippen molar-refractivity contribution in [2.75, 3.05) is 33.3 Å². The predicted octanol–water partition coefficient (Wildman–Crippen LogP) is 0.574. The minimum atomic E-state index is 0.0276. The van der Waals surface area contributed by atoms with E-state index >= 15 is 0 Å². The van der Waals surface area contributed by atoms with Gasteiger partial charge < -0.3 is 15.0 Å². The van der Waals surface area contributed by atoms with Crippen LogP contribution in [0.4, 0.5) is 0 Å². The topological polar surface area (TPSA) is 72.5 Å². The molecule has 0 saturated carbocycles. The van der Waals surface area contributed by atoms with Gasteiger partial charge in [-0.25, -0.2) is 0 Å². The van der Waals surface area contributed by atoms with Crippen molar-refractivity contribution in [3.05, 3.63) is 35.9 Å². The first-order valence-corrected chi connectivity index (χ1v) is 8.20. The monoisotopic (exact) mass is 331 g/mol. The SMILES string of the molecule is CN=C(NCCn1cc(C)cn1)N1CCOC(c2cnn(C)c2)C1. The van der Waals surface area contributed by atoms with Crippen LogP contribution in [0.1, 0.15) is 17.2 Å². The summed E-state index contributed by atoms with van der Waals surface area (Å²) in [6.07, 6.45) is 7.81. The van der Waals surface area contributed by atoms with Crippen LogP contribution in [-0.4, -0.2) is 63.7 Å². The Bertz CT molecular complexity index is 690. The quantitative estimate of drug-likeness (QED) is 0.655. The minimum absolute atomic E-state index is 0.0276. The fourth-order valence-corrected chi connectivity index (χ4v) is 2.85. The van der Waals surface area contributed by atoms with Crippen LogP contribution in [0.2, 0.25) is 0 Å². The van der Waals surface area contributed by atoms with Crippen LogP contribution in [0, 0.1) is 6.92 Å². The highest BCUT2D eigenvalue weighted by molar-refractivity contribution is 5.80. The number of hydrogen-bond donors (Lipinski definition) is 1. The van der Waals surface area contributed by atoms with Gasteiger partial charge in [-0.2, -0.15) is 10.2 Å². The van der Waals surface area contributed by atoms with E-state index in [9.17, 15) is 0 Å². The molecular weight excluding hydrogens is 306 g/mol. The Morgan fingerprint density at radius 1 is 1.38 bits per heavy atom. The molecule has 1 unspecified atom stereocenters. The van der Waals surface area contributed by atoms with Crippen molar-refractivity contribution in [1.82, 2.24) is 29.8 Å². The number of guanidine groups is 1. The molecule has 1 aliphatic heterocycles. The molecule has 1 aliphatic rings. The Hall–Kier alpha value is -2.35. The molecule has 1 saturated heterocycles. The van der Waals surface area contributed by atoms with Gasteiger partial charge >= 0.3 is 0 Å². The van der Waals surface area contributed by atoms with Gasteiger partial charge in [0.25, 0.3) is 0 Å². The molecule has 3 heterocycles. The number of aryl methyl sites for hydroxylation is 2. The summed E-state index contributed by atoms with van der Waals surface area (Å²) >= 11 is 0. The highest BCUT2D eigenvalue weighted by Gasteiger charge is 2.24. The summed E-state index contributed by atoms with van der Waals surface area (Å²) in [6.45, 7) is 5.91. The largest absolute Gasteiger partial charge is 0.370 e. The fraction of sp³-hybridized carbons (Fsp3) is 0.562. The van der Waals surface area contributed by atoms with E-state index in [1.807, 2.05) is 50.5 Å². The van der Waals surface area contributed by atoms with E-state index in [1.165, 1.54) is 5.56 Å². The second-order valence-corrected chi connectivity index (χ2v) is 6.01. The third kappa shape index (κ3) is 3.94. The van der Waals surface area contributed by atoms with Gasteiger partial charge in [-0.05, 0) is 12.5 Å². The Morgan fingerprint density at radius 2 is 2.25 bits per heavy atom. The standard InChI is InChI=1S/C16H25N7O/c1-13-8-20-23(10-13)5-4-18-16(17-2)22-6-7-24-15(12-22)14-9-19-21(3)11-14/h8-11,15H,4-7,12H2,1-3H3,(H,17,18). The van der Waals surface area contributed by atoms with Gasteiger partial charge in [0, 0.05) is 45.1 Å². The maximum absolute atomic E-state index is 5.89. The van der Waals surface area contributed by atoms with E-state index in [0.717, 1.165) is 37.7 Å². The van der Waals surface area contributed by atoms with Gasteiger partial charge in [0.15, 0.2) is 5.96 Å². The first-order chi connectivity index (χ1) is 11.7. The average Bonchev–Trinajstić information content (AvgIpc) is 3.20. The van der Waals surface area contributed by atoms with Crippen LogP contribution < -0.4 is 5.32 Å². The van der Waals surface area contributed by atoms with Crippen molar-refractivity contribution in [2.45, 2.75) is 19.6 Å². The fourth-order valence-electron chi connectivity index (χ4n) is 2.85. The van der Waals surface area contributed by atoms with Gasteiger partial charge in [-0.15, -0.1) is 0 Å². The molecule has 2 aromatic rings. The van der Waals surface area contributed by atoms with Gasteiger partial charge in [0.05, 0.1) is 32.1 Å². The van der Waals surface area contributed by atoms with Crippen molar-refractivity contribution in [1.29, 1.82) is 0 Å². The predicted molar refractivity (Wildman–Crippen MR) is 91.8 cm³/mol. The summed E-state index contributed by atoms with van der Waals surface area (Å²) in [5.74, 6) is 0.899. The Balaban J connectivity index is 1.54. The molecule has 0 aliphatic carbocycles. The first kappa shape index (κ1) is 16.5. The number of ether oxygens (including phenoxy) is 1. The summed E-state index contributed by atoms with van der Waals surface area (Å²) in [5.41, 5.74) is 2.27. The molecule has 0 bridgehead atoms. The lowest BCUT2D eigenvalue weighted by atomic mass is 10.1. The molecule has 3 rings (SSSR count). The lowest BCUT2D eigenvalue weighted by molar-refractivity contribution is -0.00803. The zero-order valence-corrected chi connectivity index (χ0v) is 14.5. The summed E-state index contributed by atoms with van der Waals surface area (Å²) in [4.78, 5) is 6.64. The number of aromatic nitrogens is 4. The van der Waals surface area contributed by atoms with Crippen LogP contribution in [0.25, 0.3) is 0 Å². The van der Waals surface area contributed by atoms with Gasteiger partial charge in [0.1, 0.15) is 6.10 Å². The summed E-state index contributed by atoms with van der Waals surface area (Å²) in [6, 6.07) is 0. The highest BCUT2D eigenvalue weighted by atomic mass is 16.5. The zero-order valence-electron chi connectivity index (χ0n) is 14.5. The van der Waals surface area contributed by atoms with E-state index in [-0.39, 0.29) is 6.10 Å². The maximum atomic E-state index is 5.89. The van der Waals surface area contributed by atoms with Crippen molar-refractivity contribution < 1.29 is 4.74 Å². The molecule has 0 amide bonds. The van der Waals surface area contributed by atoms with E-state index in [4.69, 9.17) is 4.74 Å². The van der Waals surface area contributed by atoms with E-state index < -0.39 is 0 Å². The normalized spacial score (nSPS) is 18.9. The molecule has 1 atom stereocenters. The van der Waals surface area contributed by atoms with E-state index in [1.54, 1.807) is 4.68 Å². The maximum Gasteiger partial charge on any atom is 0.193 e. The van der Waals surface area contributed by atoms with E-state index in [2.05, 4.69) is 25.4 Å². The molecule has 1 N–H and O–H groups in total. The van der Waals surface area contributed by atoms with Crippen molar-refractivity contribution in [3.63, 3.8) is 0 Å². The second kappa shape index (κ2) is 7.48. The van der Waals surface area contributed by atoms with Gasteiger partial charge in [-0.3, -0.25) is 14.4 Å². The lowest BCUT2D eigenvalue weighted by Gasteiger charge is -2.34. The van der Waals surface area contributed by atoms with Gasteiger partial charge in [0.2, 0.25) is 0 Å². The highest BCUT2D eigenvalue weighted by Crippen LogP contribution is 2.21. The molecule has 130 valence electrons. The molecule has 1 fully saturated rings. The molecule has 0 spiro atoms. The van der Waals surface area contributed by atoms with Crippen molar-refractivity contribution in [3.8, 4) is 0 Å². The number of hydrogen-bond acceptors (Lipinski definition) is 4. The summed E-state index contributed by atoms with van der Waals surface area (Å²) in [5, 5.41) is 11.9. The Kier molecular flexibility index (Phi) is 5.14. The smallest absolute Gasteiger partial charge is 0.193 e. The second-order valence-electron chi connectivity index (χ2n) is 6.01. The van der Waals surface area contributed by atoms with Gasteiger partial charge in [-0.1, -0.05) is 0 Å². The van der Waals surface area contributed by atoms with Crippen LogP contribution in [0.15, 0.2) is 29.8 Å². The summed E-state index contributed by atoms with van der Waals surface area (Å²) < 4.78 is 9.63. The van der Waals surface area contributed by atoms with Crippen LogP contribution >= 0.6 is 0 Å². The number of nitrogens with one attached hydrogen (secondary N) is 1. The van der Waals surface area contributed by atoms with Crippen molar-refractivity contribution >= 4 is 5.96 Å². The molecule has 0 aromatic carbocycles. The van der Waals surface area contributed by atoms with Crippen LogP contribution in [0.5, 0.6) is 0 Å². The zero-order chi connectivity index (χ0) is 16.9. The molecule has 8 heteroatoms. The minimum Gasteiger partial charge on any atom is -0.370 e. The van der Waals surface area contributed by atoms with E-state index in [0.29, 0.717) is 6.61 Å².